The molecule has 6 nitrogen and oxygen atoms in total. The van der Waals surface area contributed by atoms with Crippen LogP contribution < -0.4 is 15.4 Å². The molecule has 2 aromatic carbocycles. The molecule has 0 saturated heterocycles. The van der Waals surface area contributed by atoms with Crippen LogP contribution in [0.2, 0.25) is 0 Å². The molecular formula is C20H25F3IN3O3S. The number of sulfone groups is 1. The van der Waals surface area contributed by atoms with Crippen LogP contribution in [0, 0.1) is 0 Å². The van der Waals surface area contributed by atoms with Gasteiger partial charge in [0.25, 0.3) is 0 Å². The van der Waals surface area contributed by atoms with Crippen LogP contribution in [0.25, 0.3) is 0 Å². The van der Waals surface area contributed by atoms with E-state index in [1.54, 1.807) is 49.5 Å². The molecule has 0 aliphatic carbocycles. The van der Waals surface area contributed by atoms with Crippen molar-refractivity contribution in [1.82, 2.24) is 10.6 Å². The van der Waals surface area contributed by atoms with Crippen LogP contribution in [-0.4, -0.2) is 47.0 Å². The number of guanidine groups is 1. The van der Waals surface area contributed by atoms with Gasteiger partial charge in [0.1, 0.15) is 5.75 Å². The van der Waals surface area contributed by atoms with Crippen LogP contribution in [0.4, 0.5) is 13.2 Å². The zero-order valence-corrected chi connectivity index (χ0v) is 20.2. The van der Waals surface area contributed by atoms with Crippen LogP contribution in [0.15, 0.2) is 58.4 Å². The number of rotatable bonds is 8. The molecule has 2 N–H and O–H groups in total. The number of benzene rings is 2. The molecule has 11 heteroatoms. The van der Waals surface area contributed by atoms with Crippen LogP contribution >= 0.6 is 24.0 Å². The lowest BCUT2D eigenvalue weighted by molar-refractivity contribution is -0.153. The van der Waals surface area contributed by atoms with Gasteiger partial charge >= 0.3 is 6.18 Å². The van der Waals surface area contributed by atoms with E-state index in [9.17, 15) is 21.6 Å². The van der Waals surface area contributed by atoms with Crippen LogP contribution in [0.3, 0.4) is 0 Å². The van der Waals surface area contributed by atoms with Crippen molar-refractivity contribution in [2.24, 2.45) is 4.99 Å². The number of nitrogens with zero attached hydrogens (tertiary/aromatic N) is 1. The maximum absolute atomic E-state index is 12.4. The highest BCUT2D eigenvalue weighted by molar-refractivity contribution is 14.0. The fourth-order valence-corrected chi connectivity index (χ4v) is 3.21. The first-order valence-electron chi connectivity index (χ1n) is 9.09. The normalized spacial score (nSPS) is 12.1. The van der Waals surface area contributed by atoms with Crippen LogP contribution in [-0.2, 0) is 22.8 Å². The van der Waals surface area contributed by atoms with Gasteiger partial charge in [-0.15, -0.1) is 24.0 Å². The highest BCUT2D eigenvalue weighted by atomic mass is 127. The standard InChI is InChI=1S/C20H24F3N3O3S.HI/c1-24-19(25-12-11-15-7-9-17(10-8-15)30(2,27)28)26-13-16-5-3-4-6-18(16)29-14-20(21,22)23;/h3-10H,11-14H2,1-2H3,(H2,24,25,26);1H. The summed E-state index contributed by atoms with van der Waals surface area (Å²) in [6.45, 7) is -0.587. The summed E-state index contributed by atoms with van der Waals surface area (Å²) in [5.74, 6) is 0.636. The molecule has 0 heterocycles. The number of hydrogen-bond donors (Lipinski definition) is 2. The number of hydrogen-bond acceptors (Lipinski definition) is 4. The SMILES string of the molecule is CN=C(NCCc1ccc(S(C)(=O)=O)cc1)NCc1ccccc1OCC(F)(F)F.I. The number of para-hydroxylation sites is 1. The Morgan fingerprint density at radius 1 is 1.06 bits per heavy atom. The highest BCUT2D eigenvalue weighted by Gasteiger charge is 2.28. The Hall–Kier alpha value is -2.02. The van der Waals surface area contributed by atoms with Crippen molar-refractivity contribution < 1.29 is 26.3 Å². The lowest BCUT2D eigenvalue weighted by Crippen LogP contribution is -2.38. The maximum Gasteiger partial charge on any atom is 0.422 e. The predicted molar refractivity (Wildman–Crippen MR) is 125 cm³/mol. The zero-order valence-electron chi connectivity index (χ0n) is 17.1. The molecule has 0 saturated carbocycles. The number of ether oxygens (including phenoxy) is 1. The summed E-state index contributed by atoms with van der Waals surface area (Å²) in [5.41, 5.74) is 1.53. The lowest BCUT2D eigenvalue weighted by Gasteiger charge is -2.15. The van der Waals surface area contributed by atoms with Crippen molar-refractivity contribution in [2.75, 3.05) is 26.5 Å². The van der Waals surface area contributed by atoms with E-state index in [1.807, 2.05) is 0 Å². The Balaban J connectivity index is 0.00000480. The molecule has 0 aliphatic heterocycles. The van der Waals surface area contributed by atoms with E-state index in [-0.39, 0.29) is 41.2 Å². The van der Waals surface area contributed by atoms with E-state index < -0.39 is 22.6 Å². The second-order valence-electron chi connectivity index (χ2n) is 6.53. The molecule has 0 atom stereocenters. The monoisotopic (exact) mass is 571 g/mol. The minimum atomic E-state index is -4.41. The average molecular weight is 571 g/mol. The molecule has 0 unspecified atom stereocenters. The molecule has 0 bridgehead atoms. The van der Waals surface area contributed by atoms with E-state index in [0.29, 0.717) is 24.5 Å². The molecule has 0 spiro atoms. The van der Waals surface area contributed by atoms with Gasteiger partial charge in [-0.25, -0.2) is 8.42 Å². The molecule has 0 aliphatic rings. The van der Waals surface area contributed by atoms with Gasteiger partial charge in [0, 0.05) is 32.0 Å². The fraction of sp³-hybridized carbons (Fsp3) is 0.350. The number of halogens is 4. The maximum atomic E-state index is 12.4. The smallest absolute Gasteiger partial charge is 0.422 e. The lowest BCUT2D eigenvalue weighted by atomic mass is 10.1. The third kappa shape index (κ3) is 9.76. The summed E-state index contributed by atoms with van der Waals surface area (Å²) in [6, 6.07) is 13.1. The Kier molecular flexibility index (Phi) is 10.6. The summed E-state index contributed by atoms with van der Waals surface area (Å²) in [5, 5.41) is 6.15. The van der Waals surface area contributed by atoms with Crippen molar-refractivity contribution in [3.05, 3.63) is 59.7 Å². The first-order valence-corrected chi connectivity index (χ1v) is 11.0. The first kappa shape index (κ1) is 27.0. The Labute approximate surface area is 197 Å². The molecule has 0 radical (unpaired) electrons. The minimum absolute atomic E-state index is 0. The van der Waals surface area contributed by atoms with Crippen molar-refractivity contribution in [1.29, 1.82) is 0 Å². The molecule has 2 rings (SSSR count). The quantitative estimate of drug-likeness (QED) is 0.288. The van der Waals surface area contributed by atoms with Gasteiger partial charge < -0.3 is 15.4 Å². The van der Waals surface area contributed by atoms with E-state index in [4.69, 9.17) is 4.74 Å². The van der Waals surface area contributed by atoms with Crippen molar-refractivity contribution in [2.45, 2.75) is 24.0 Å². The summed E-state index contributed by atoms with van der Waals surface area (Å²) in [7, 11) is -1.64. The van der Waals surface area contributed by atoms with Crippen molar-refractivity contribution >= 4 is 39.8 Å². The van der Waals surface area contributed by atoms with Gasteiger partial charge in [-0.05, 0) is 30.2 Å². The molecule has 31 heavy (non-hydrogen) atoms. The van der Waals surface area contributed by atoms with Gasteiger partial charge in [-0.1, -0.05) is 30.3 Å². The molecular weight excluding hydrogens is 546 g/mol. The second-order valence-corrected chi connectivity index (χ2v) is 8.55. The zero-order chi connectivity index (χ0) is 22.2. The summed E-state index contributed by atoms with van der Waals surface area (Å²) in [6.07, 6.45) is -2.61. The number of nitrogens with one attached hydrogen (secondary N) is 2. The predicted octanol–water partition coefficient (Wildman–Crippen LogP) is 3.56. The van der Waals surface area contributed by atoms with E-state index >= 15 is 0 Å². The summed E-state index contributed by atoms with van der Waals surface area (Å²) >= 11 is 0. The highest BCUT2D eigenvalue weighted by Crippen LogP contribution is 2.22. The molecule has 0 amide bonds. The molecule has 172 valence electrons. The van der Waals surface area contributed by atoms with E-state index in [1.165, 1.54) is 6.07 Å². The number of aliphatic imine (C=N–C) groups is 1. The summed E-state index contributed by atoms with van der Waals surface area (Å²) in [4.78, 5) is 4.36. The Morgan fingerprint density at radius 3 is 2.29 bits per heavy atom. The Morgan fingerprint density at radius 2 is 1.71 bits per heavy atom. The third-order valence-electron chi connectivity index (χ3n) is 4.09. The van der Waals surface area contributed by atoms with Crippen molar-refractivity contribution in [3.63, 3.8) is 0 Å². The van der Waals surface area contributed by atoms with Gasteiger partial charge in [-0.2, -0.15) is 13.2 Å². The molecule has 0 aromatic heterocycles. The van der Waals surface area contributed by atoms with Gasteiger partial charge in [0.15, 0.2) is 22.4 Å². The van der Waals surface area contributed by atoms with Crippen LogP contribution in [0.1, 0.15) is 11.1 Å². The average Bonchev–Trinajstić information content (AvgIpc) is 2.68. The van der Waals surface area contributed by atoms with Gasteiger partial charge in [-0.3, -0.25) is 4.99 Å². The van der Waals surface area contributed by atoms with Gasteiger partial charge in [0.2, 0.25) is 0 Å². The van der Waals surface area contributed by atoms with Crippen molar-refractivity contribution in [3.8, 4) is 5.75 Å². The second kappa shape index (κ2) is 12.1. The minimum Gasteiger partial charge on any atom is -0.484 e. The molecule has 2 aromatic rings. The molecule has 0 fully saturated rings. The largest absolute Gasteiger partial charge is 0.484 e. The fourth-order valence-electron chi connectivity index (χ4n) is 2.58. The van der Waals surface area contributed by atoms with E-state index in [2.05, 4.69) is 15.6 Å². The van der Waals surface area contributed by atoms with Gasteiger partial charge in [0.05, 0.1) is 4.90 Å². The third-order valence-corrected chi connectivity index (χ3v) is 5.22. The first-order chi connectivity index (χ1) is 14.1. The number of alkyl halides is 3. The Bertz CT molecular complexity index is 966. The van der Waals surface area contributed by atoms with E-state index in [0.717, 1.165) is 11.8 Å². The van der Waals surface area contributed by atoms with Crippen LogP contribution in [0.5, 0.6) is 5.75 Å². The topological polar surface area (TPSA) is 79.8 Å². The summed E-state index contributed by atoms with van der Waals surface area (Å²) < 4.78 is 65.1.